The predicted octanol–water partition coefficient (Wildman–Crippen LogP) is 8.71. The molecule has 2 aliphatic rings. The van der Waals surface area contributed by atoms with Gasteiger partial charge in [-0.1, -0.05) is 129 Å². The fourth-order valence-corrected chi connectivity index (χ4v) is 5.68. The first-order valence-corrected chi connectivity index (χ1v) is 16.2. The van der Waals surface area contributed by atoms with Crippen LogP contribution < -0.4 is 0 Å². The van der Waals surface area contributed by atoms with E-state index in [1.54, 1.807) is 0 Å². The molecule has 216 valence electrons. The highest BCUT2D eigenvalue weighted by Gasteiger charge is 2.53. The number of esters is 2. The Morgan fingerprint density at radius 2 is 0.811 bits per heavy atom. The molecule has 1 saturated carbocycles. The number of carbonyl (C=O) groups is 2. The molecule has 5 nitrogen and oxygen atoms in total. The maximum atomic E-state index is 12.8. The molecule has 0 amide bonds. The molecule has 0 radical (unpaired) electrons. The summed E-state index contributed by atoms with van der Waals surface area (Å²) in [6.45, 7) is 5.43. The van der Waals surface area contributed by atoms with Crippen LogP contribution in [-0.4, -0.2) is 37.4 Å². The lowest BCUT2D eigenvalue weighted by Gasteiger charge is -2.26. The molecule has 4 atom stereocenters. The first-order valence-electron chi connectivity index (χ1n) is 16.2. The molecule has 0 spiro atoms. The van der Waals surface area contributed by atoms with Crippen molar-refractivity contribution >= 4 is 11.9 Å². The third kappa shape index (κ3) is 14.6. The number of unbranched alkanes of at least 4 members (excludes halogenated alkanes) is 18. The molecule has 0 aromatic heterocycles. The molecule has 0 N–H and O–H groups in total. The highest BCUT2D eigenvalue weighted by molar-refractivity contribution is 5.82. The summed E-state index contributed by atoms with van der Waals surface area (Å²) in [5.74, 6) is -1.28. The van der Waals surface area contributed by atoms with Gasteiger partial charge < -0.3 is 14.2 Å². The van der Waals surface area contributed by atoms with Crippen molar-refractivity contribution in [2.75, 3.05) is 13.2 Å². The molecule has 1 heterocycles. The maximum absolute atomic E-state index is 12.8. The Morgan fingerprint density at radius 3 is 1.14 bits per heavy atom. The average Bonchev–Trinajstić information content (AvgIpc) is 3.68. The topological polar surface area (TPSA) is 65.1 Å². The average molecular weight is 523 g/mol. The largest absolute Gasteiger partial charge is 0.465 e. The summed E-state index contributed by atoms with van der Waals surface area (Å²) >= 11 is 0. The Labute approximate surface area is 228 Å². The summed E-state index contributed by atoms with van der Waals surface area (Å²) in [5.41, 5.74) is 0. The highest BCUT2D eigenvalue weighted by atomic mass is 16.6. The van der Waals surface area contributed by atoms with Crippen LogP contribution >= 0.6 is 0 Å². The van der Waals surface area contributed by atoms with Crippen molar-refractivity contribution in [3.05, 3.63) is 0 Å². The minimum Gasteiger partial charge on any atom is -0.465 e. The molecule has 0 aromatic carbocycles. The summed E-state index contributed by atoms with van der Waals surface area (Å²) in [6, 6.07) is 0. The summed E-state index contributed by atoms with van der Waals surface area (Å²) in [7, 11) is 0. The zero-order valence-corrected chi connectivity index (χ0v) is 24.3. The van der Waals surface area contributed by atoms with Gasteiger partial charge in [-0.3, -0.25) is 9.59 Å². The lowest BCUT2D eigenvalue weighted by Crippen LogP contribution is -2.37. The SMILES string of the molecule is CCCCCCCCCCCCOC(=O)C1CC2OC2CC1C(=O)OCCCCCCCCCCCC. The van der Waals surface area contributed by atoms with Crippen molar-refractivity contribution in [3.8, 4) is 0 Å². The van der Waals surface area contributed by atoms with Crippen molar-refractivity contribution in [1.29, 1.82) is 0 Å². The van der Waals surface area contributed by atoms with E-state index in [-0.39, 0.29) is 24.1 Å². The fraction of sp³-hybridized carbons (Fsp3) is 0.938. The van der Waals surface area contributed by atoms with Crippen LogP contribution in [0.3, 0.4) is 0 Å². The number of rotatable bonds is 24. The molecule has 0 bridgehead atoms. The monoisotopic (exact) mass is 522 g/mol. The Bertz CT molecular complexity index is 542. The Balaban J connectivity index is 1.51. The number of hydrogen-bond acceptors (Lipinski definition) is 5. The molecule has 1 aliphatic heterocycles. The number of carbonyl (C=O) groups excluding carboxylic acids is 2. The van der Waals surface area contributed by atoms with Crippen molar-refractivity contribution in [2.24, 2.45) is 11.8 Å². The smallest absolute Gasteiger partial charge is 0.309 e. The van der Waals surface area contributed by atoms with Gasteiger partial charge in [0.05, 0.1) is 37.3 Å². The lowest BCUT2D eigenvalue weighted by atomic mass is 9.79. The van der Waals surface area contributed by atoms with Gasteiger partial charge in [0.1, 0.15) is 0 Å². The van der Waals surface area contributed by atoms with Gasteiger partial charge in [0.15, 0.2) is 0 Å². The van der Waals surface area contributed by atoms with Crippen LogP contribution in [-0.2, 0) is 23.8 Å². The summed E-state index contributed by atoms with van der Waals surface area (Å²) in [5, 5.41) is 0. The third-order valence-electron chi connectivity index (χ3n) is 8.24. The van der Waals surface area contributed by atoms with E-state index in [4.69, 9.17) is 14.2 Å². The van der Waals surface area contributed by atoms with Crippen molar-refractivity contribution in [2.45, 2.75) is 167 Å². The van der Waals surface area contributed by atoms with Crippen LogP contribution in [0.25, 0.3) is 0 Å². The normalized spacial score (nSPS) is 22.4. The molecule has 0 aromatic rings. The second kappa shape index (κ2) is 20.8. The van der Waals surface area contributed by atoms with Gasteiger partial charge in [-0.25, -0.2) is 0 Å². The fourth-order valence-electron chi connectivity index (χ4n) is 5.68. The maximum Gasteiger partial charge on any atom is 0.309 e. The Kier molecular flexibility index (Phi) is 18.1. The van der Waals surface area contributed by atoms with Crippen LogP contribution in [0.4, 0.5) is 0 Å². The van der Waals surface area contributed by atoms with Gasteiger partial charge >= 0.3 is 11.9 Å². The van der Waals surface area contributed by atoms with Crippen LogP contribution in [0, 0.1) is 11.8 Å². The van der Waals surface area contributed by atoms with Crippen molar-refractivity contribution in [3.63, 3.8) is 0 Å². The second-order valence-electron chi connectivity index (χ2n) is 11.6. The molecule has 2 rings (SSSR count). The zero-order chi connectivity index (χ0) is 26.6. The quantitative estimate of drug-likeness (QED) is 0.0720. The zero-order valence-electron chi connectivity index (χ0n) is 24.3. The van der Waals surface area contributed by atoms with E-state index in [0.717, 1.165) is 25.7 Å². The van der Waals surface area contributed by atoms with Gasteiger partial charge in [0.25, 0.3) is 0 Å². The van der Waals surface area contributed by atoms with Gasteiger partial charge in [0, 0.05) is 0 Å². The van der Waals surface area contributed by atoms with E-state index in [1.165, 1.54) is 103 Å². The Hall–Kier alpha value is -1.10. The lowest BCUT2D eigenvalue weighted by molar-refractivity contribution is -0.162. The predicted molar refractivity (Wildman–Crippen MR) is 150 cm³/mol. The molecule has 1 aliphatic carbocycles. The number of hydrogen-bond donors (Lipinski definition) is 0. The van der Waals surface area contributed by atoms with E-state index >= 15 is 0 Å². The van der Waals surface area contributed by atoms with Gasteiger partial charge in [0.2, 0.25) is 0 Å². The molecule has 1 saturated heterocycles. The molecular formula is C32H58O5. The molecule has 4 unspecified atom stereocenters. The van der Waals surface area contributed by atoms with E-state index < -0.39 is 11.8 Å². The first kappa shape index (κ1) is 32.1. The molecule has 37 heavy (non-hydrogen) atoms. The summed E-state index contributed by atoms with van der Waals surface area (Å²) in [4.78, 5) is 25.6. The van der Waals surface area contributed by atoms with Crippen LogP contribution in [0.2, 0.25) is 0 Å². The number of ether oxygens (including phenoxy) is 3. The van der Waals surface area contributed by atoms with Gasteiger partial charge in [-0.05, 0) is 25.7 Å². The number of epoxide rings is 1. The summed E-state index contributed by atoms with van der Waals surface area (Å²) < 4.78 is 16.9. The van der Waals surface area contributed by atoms with Gasteiger partial charge in [-0.2, -0.15) is 0 Å². The second-order valence-corrected chi connectivity index (χ2v) is 11.6. The molecule has 5 heteroatoms. The minimum atomic E-state index is -0.410. The summed E-state index contributed by atoms with van der Waals surface area (Å²) in [6.07, 6.45) is 26.5. The minimum absolute atomic E-state index is 0.126. The van der Waals surface area contributed by atoms with E-state index in [9.17, 15) is 9.59 Å². The molecular weight excluding hydrogens is 464 g/mol. The molecule has 2 fully saturated rings. The van der Waals surface area contributed by atoms with Crippen molar-refractivity contribution in [1.82, 2.24) is 0 Å². The first-order chi connectivity index (χ1) is 18.2. The van der Waals surface area contributed by atoms with E-state index in [2.05, 4.69) is 13.8 Å². The van der Waals surface area contributed by atoms with Gasteiger partial charge in [-0.15, -0.1) is 0 Å². The van der Waals surface area contributed by atoms with Crippen LogP contribution in [0.15, 0.2) is 0 Å². The van der Waals surface area contributed by atoms with E-state index in [0.29, 0.717) is 26.1 Å². The Morgan fingerprint density at radius 1 is 0.514 bits per heavy atom. The number of fused-ring (bicyclic) bond motifs is 1. The van der Waals surface area contributed by atoms with Crippen LogP contribution in [0.1, 0.15) is 155 Å². The highest BCUT2D eigenvalue weighted by Crippen LogP contribution is 2.43. The standard InChI is InChI=1S/C32H58O5/c1-3-5-7-9-11-13-15-17-19-21-23-35-31(33)27-25-29-30(37-29)26-28(27)32(34)36-24-22-20-18-16-14-12-10-8-6-4-2/h27-30H,3-26H2,1-2H3. The third-order valence-corrected chi connectivity index (χ3v) is 8.24. The van der Waals surface area contributed by atoms with Crippen LogP contribution in [0.5, 0.6) is 0 Å². The van der Waals surface area contributed by atoms with Crippen molar-refractivity contribution < 1.29 is 23.8 Å². The van der Waals surface area contributed by atoms with E-state index in [1.807, 2.05) is 0 Å².